The number of rotatable bonds is 3. The van der Waals surface area contributed by atoms with Crippen molar-refractivity contribution in [1.29, 1.82) is 0 Å². The van der Waals surface area contributed by atoms with E-state index in [4.69, 9.17) is 0 Å². The molecule has 100 valence electrons. The number of aromatic amines is 1. The Balaban J connectivity index is 1.65. The number of H-pyrrole nitrogens is 1. The van der Waals surface area contributed by atoms with Crippen molar-refractivity contribution in [1.82, 2.24) is 9.97 Å². The minimum atomic E-state index is 0.653. The van der Waals surface area contributed by atoms with Crippen molar-refractivity contribution >= 4 is 5.69 Å². The Kier molecular flexibility index (Phi) is 3.82. The highest BCUT2D eigenvalue weighted by atomic mass is 14.9. The van der Waals surface area contributed by atoms with Gasteiger partial charge in [0.25, 0.3) is 0 Å². The fraction of sp³-hybridized carbons (Fsp3) is 0.438. The molecule has 1 aliphatic rings. The molecule has 1 fully saturated rings. The zero-order valence-electron chi connectivity index (χ0n) is 11.2. The molecule has 2 N–H and O–H groups in total. The van der Waals surface area contributed by atoms with Gasteiger partial charge in [0.05, 0.1) is 18.2 Å². The largest absolute Gasteiger partial charge is 0.382 e. The van der Waals surface area contributed by atoms with E-state index in [0.717, 1.165) is 5.69 Å². The van der Waals surface area contributed by atoms with Gasteiger partial charge in [-0.3, -0.25) is 0 Å². The highest BCUT2D eigenvalue weighted by molar-refractivity contribution is 5.62. The second-order valence-electron chi connectivity index (χ2n) is 5.38. The summed E-state index contributed by atoms with van der Waals surface area (Å²) in [5.74, 6) is 0. The van der Waals surface area contributed by atoms with Gasteiger partial charge in [-0.2, -0.15) is 0 Å². The van der Waals surface area contributed by atoms with Gasteiger partial charge < -0.3 is 10.3 Å². The van der Waals surface area contributed by atoms with Crippen LogP contribution in [0.15, 0.2) is 36.8 Å². The minimum Gasteiger partial charge on any atom is -0.382 e. The van der Waals surface area contributed by atoms with Crippen molar-refractivity contribution in [2.45, 2.75) is 44.6 Å². The van der Waals surface area contributed by atoms with E-state index in [1.165, 1.54) is 49.8 Å². The summed E-state index contributed by atoms with van der Waals surface area (Å²) in [6.45, 7) is 0. The normalized spacial score (nSPS) is 17.1. The lowest BCUT2D eigenvalue weighted by molar-refractivity contribution is 0.620. The molecule has 3 nitrogen and oxygen atoms in total. The molecule has 19 heavy (non-hydrogen) atoms. The van der Waals surface area contributed by atoms with Gasteiger partial charge in [0.2, 0.25) is 0 Å². The van der Waals surface area contributed by atoms with Crippen molar-refractivity contribution in [3.8, 4) is 11.3 Å². The van der Waals surface area contributed by atoms with Gasteiger partial charge in [-0.15, -0.1) is 0 Å². The zero-order chi connectivity index (χ0) is 12.9. The first-order valence-corrected chi connectivity index (χ1v) is 7.27. The third-order valence-corrected chi connectivity index (χ3v) is 3.92. The molecule has 0 aliphatic heterocycles. The number of benzene rings is 1. The molecule has 0 unspecified atom stereocenters. The smallest absolute Gasteiger partial charge is 0.0924 e. The molecule has 1 heterocycles. The third-order valence-electron chi connectivity index (χ3n) is 3.92. The van der Waals surface area contributed by atoms with Crippen LogP contribution in [0.2, 0.25) is 0 Å². The van der Waals surface area contributed by atoms with Crippen LogP contribution in [-0.2, 0) is 0 Å². The lowest BCUT2D eigenvalue weighted by atomic mass is 10.1. The third kappa shape index (κ3) is 3.16. The Morgan fingerprint density at radius 1 is 1.00 bits per heavy atom. The Bertz CT molecular complexity index is 479. The Morgan fingerprint density at radius 2 is 1.74 bits per heavy atom. The van der Waals surface area contributed by atoms with Crippen LogP contribution in [0.4, 0.5) is 5.69 Å². The van der Waals surface area contributed by atoms with Crippen LogP contribution in [0.5, 0.6) is 0 Å². The average molecular weight is 255 g/mol. The standard InChI is InChI=1S/C16H21N3/c1-2-4-6-14(5-3-1)19-15-9-7-13(8-10-15)16-11-17-12-18-16/h7-12,14,19H,1-6H2,(H,17,18). The summed E-state index contributed by atoms with van der Waals surface area (Å²) in [4.78, 5) is 7.18. The quantitative estimate of drug-likeness (QED) is 0.806. The van der Waals surface area contributed by atoms with Gasteiger partial charge in [-0.05, 0) is 30.5 Å². The highest BCUT2D eigenvalue weighted by Crippen LogP contribution is 2.23. The molecule has 1 saturated carbocycles. The van der Waals surface area contributed by atoms with Gasteiger partial charge in [0, 0.05) is 11.7 Å². The second kappa shape index (κ2) is 5.91. The second-order valence-corrected chi connectivity index (χ2v) is 5.38. The summed E-state index contributed by atoms with van der Waals surface area (Å²) < 4.78 is 0. The van der Waals surface area contributed by atoms with Crippen LogP contribution in [0.3, 0.4) is 0 Å². The zero-order valence-corrected chi connectivity index (χ0v) is 11.2. The van der Waals surface area contributed by atoms with Gasteiger partial charge in [0.15, 0.2) is 0 Å². The molecule has 3 heteroatoms. The first-order valence-electron chi connectivity index (χ1n) is 7.27. The predicted molar refractivity (Wildman–Crippen MR) is 79.1 cm³/mol. The van der Waals surface area contributed by atoms with Gasteiger partial charge in [0.1, 0.15) is 0 Å². The van der Waals surface area contributed by atoms with Crippen molar-refractivity contribution in [2.75, 3.05) is 5.32 Å². The molecule has 0 spiro atoms. The summed E-state index contributed by atoms with van der Waals surface area (Å²) in [5.41, 5.74) is 3.49. The predicted octanol–water partition coefficient (Wildman–Crippen LogP) is 4.21. The molecular weight excluding hydrogens is 234 g/mol. The average Bonchev–Trinajstić information content (AvgIpc) is 2.86. The summed E-state index contributed by atoms with van der Waals surface area (Å²) in [6, 6.07) is 9.28. The van der Waals surface area contributed by atoms with E-state index in [0.29, 0.717) is 6.04 Å². The van der Waals surface area contributed by atoms with Crippen LogP contribution in [0, 0.1) is 0 Å². The molecule has 1 aromatic heterocycles. The van der Waals surface area contributed by atoms with Crippen molar-refractivity contribution in [3.05, 3.63) is 36.8 Å². The Hall–Kier alpha value is -1.77. The molecule has 0 radical (unpaired) electrons. The van der Waals surface area contributed by atoms with Crippen LogP contribution in [0.1, 0.15) is 38.5 Å². The maximum Gasteiger partial charge on any atom is 0.0924 e. The molecule has 2 aromatic rings. The van der Waals surface area contributed by atoms with E-state index >= 15 is 0 Å². The monoisotopic (exact) mass is 255 g/mol. The molecule has 0 saturated heterocycles. The van der Waals surface area contributed by atoms with E-state index < -0.39 is 0 Å². The Labute approximate surface area is 114 Å². The summed E-state index contributed by atoms with van der Waals surface area (Å²) in [5, 5.41) is 3.67. The summed E-state index contributed by atoms with van der Waals surface area (Å²) in [6.07, 6.45) is 11.7. The molecule has 0 bridgehead atoms. The number of anilines is 1. The lowest BCUT2D eigenvalue weighted by Gasteiger charge is -2.17. The molecular formula is C16H21N3. The van der Waals surface area contributed by atoms with E-state index in [1.54, 1.807) is 6.33 Å². The van der Waals surface area contributed by atoms with E-state index in [-0.39, 0.29) is 0 Å². The van der Waals surface area contributed by atoms with Crippen molar-refractivity contribution in [2.24, 2.45) is 0 Å². The number of aromatic nitrogens is 2. The summed E-state index contributed by atoms with van der Waals surface area (Å²) >= 11 is 0. The van der Waals surface area contributed by atoms with Gasteiger partial charge in [-0.1, -0.05) is 37.8 Å². The van der Waals surface area contributed by atoms with E-state index in [9.17, 15) is 0 Å². The number of hydrogen-bond donors (Lipinski definition) is 2. The summed E-state index contributed by atoms with van der Waals surface area (Å²) in [7, 11) is 0. The molecule has 1 aliphatic carbocycles. The number of nitrogens with zero attached hydrogens (tertiary/aromatic N) is 1. The molecule has 0 amide bonds. The van der Waals surface area contributed by atoms with E-state index in [2.05, 4.69) is 39.6 Å². The van der Waals surface area contributed by atoms with Gasteiger partial charge in [-0.25, -0.2) is 4.98 Å². The fourth-order valence-electron chi connectivity index (χ4n) is 2.82. The number of nitrogens with one attached hydrogen (secondary N) is 2. The SMILES string of the molecule is c1ncc(-c2ccc(NC3CCCCCC3)cc2)[nH]1. The maximum atomic E-state index is 4.05. The maximum absolute atomic E-state index is 4.05. The van der Waals surface area contributed by atoms with Crippen molar-refractivity contribution < 1.29 is 0 Å². The minimum absolute atomic E-state index is 0.653. The van der Waals surface area contributed by atoms with Gasteiger partial charge >= 0.3 is 0 Å². The van der Waals surface area contributed by atoms with Crippen LogP contribution < -0.4 is 5.32 Å². The highest BCUT2D eigenvalue weighted by Gasteiger charge is 2.11. The number of imidazole rings is 1. The lowest BCUT2D eigenvalue weighted by Crippen LogP contribution is -2.17. The fourth-order valence-corrected chi connectivity index (χ4v) is 2.82. The van der Waals surface area contributed by atoms with Crippen molar-refractivity contribution in [3.63, 3.8) is 0 Å². The molecule has 1 aromatic carbocycles. The number of hydrogen-bond acceptors (Lipinski definition) is 2. The van der Waals surface area contributed by atoms with Crippen LogP contribution in [0.25, 0.3) is 11.3 Å². The van der Waals surface area contributed by atoms with Crippen LogP contribution >= 0.6 is 0 Å². The van der Waals surface area contributed by atoms with E-state index in [1.807, 2.05) is 6.20 Å². The van der Waals surface area contributed by atoms with Crippen LogP contribution in [-0.4, -0.2) is 16.0 Å². The first kappa shape index (κ1) is 12.3. The first-order chi connectivity index (χ1) is 9.42. The molecule has 3 rings (SSSR count). The molecule has 0 atom stereocenters. The topological polar surface area (TPSA) is 40.7 Å². The Morgan fingerprint density at radius 3 is 2.37 bits per heavy atom.